The number of benzene rings is 1. The van der Waals surface area contributed by atoms with E-state index in [0.29, 0.717) is 18.7 Å². The van der Waals surface area contributed by atoms with Crippen molar-refractivity contribution in [2.75, 3.05) is 33.8 Å². The van der Waals surface area contributed by atoms with Gasteiger partial charge in [0, 0.05) is 50.1 Å². The largest absolute Gasteiger partial charge is 0.484 e. The maximum Gasteiger partial charge on any atom is 0.260 e. The van der Waals surface area contributed by atoms with E-state index in [1.54, 1.807) is 19.0 Å². The minimum Gasteiger partial charge on any atom is -0.484 e. The van der Waals surface area contributed by atoms with Gasteiger partial charge in [0.15, 0.2) is 6.61 Å². The maximum atomic E-state index is 12.6. The Morgan fingerprint density at radius 2 is 1.80 bits per heavy atom. The predicted molar refractivity (Wildman–Crippen MR) is 114 cm³/mol. The van der Waals surface area contributed by atoms with Crippen molar-refractivity contribution in [3.63, 3.8) is 0 Å². The van der Waals surface area contributed by atoms with E-state index in [1.807, 2.05) is 49.1 Å². The molecule has 0 radical (unpaired) electrons. The third kappa shape index (κ3) is 5.34. The van der Waals surface area contributed by atoms with E-state index in [2.05, 4.69) is 0 Å². The number of carbonyl (C=O) groups excluding carboxylic acids is 2. The molecule has 1 aliphatic rings. The number of piperidine rings is 1. The van der Waals surface area contributed by atoms with Gasteiger partial charge in [0.2, 0.25) is 5.91 Å². The highest BCUT2D eigenvalue weighted by molar-refractivity contribution is 5.79. The van der Waals surface area contributed by atoms with Gasteiger partial charge in [0.1, 0.15) is 11.6 Å². The summed E-state index contributed by atoms with van der Waals surface area (Å²) in [5.41, 5.74) is 2.56. The summed E-state index contributed by atoms with van der Waals surface area (Å²) in [7, 11) is 3.49. The van der Waals surface area contributed by atoms with E-state index >= 15 is 0 Å². The number of ether oxygens (including phenoxy) is 1. The molecule has 0 unspecified atom stereocenters. The highest BCUT2D eigenvalue weighted by Gasteiger charge is 2.27. The van der Waals surface area contributed by atoms with Crippen LogP contribution in [0, 0.1) is 13.8 Å². The third-order valence-electron chi connectivity index (χ3n) is 5.51. The molecule has 2 amide bonds. The molecule has 0 N–H and O–H groups in total. The summed E-state index contributed by atoms with van der Waals surface area (Å²) in [6.07, 6.45) is 2.15. The number of carbonyl (C=O) groups is 2. The number of amides is 2. The molecule has 2 aromatic rings. The smallest absolute Gasteiger partial charge is 0.260 e. The first-order valence-corrected chi connectivity index (χ1v) is 10.3. The van der Waals surface area contributed by atoms with Crippen LogP contribution in [0.2, 0.25) is 0 Å². The Balaban J connectivity index is 1.66. The summed E-state index contributed by atoms with van der Waals surface area (Å²) in [5, 5.41) is 0. The van der Waals surface area contributed by atoms with Crippen molar-refractivity contribution in [1.82, 2.24) is 19.8 Å². The van der Waals surface area contributed by atoms with Crippen molar-refractivity contribution in [1.29, 1.82) is 0 Å². The molecular formula is C23H30N4O3. The average molecular weight is 411 g/mol. The number of rotatable bonds is 6. The Hall–Kier alpha value is -2.96. The topological polar surface area (TPSA) is 75.6 Å². The first-order valence-electron chi connectivity index (χ1n) is 10.3. The van der Waals surface area contributed by atoms with E-state index < -0.39 is 0 Å². The van der Waals surface area contributed by atoms with Gasteiger partial charge in [-0.1, -0.05) is 18.2 Å². The van der Waals surface area contributed by atoms with Gasteiger partial charge >= 0.3 is 0 Å². The van der Waals surface area contributed by atoms with Crippen molar-refractivity contribution in [2.24, 2.45) is 0 Å². The Kier molecular flexibility index (Phi) is 7.03. The number of nitrogens with zero attached hydrogens (tertiary/aromatic N) is 4. The highest BCUT2D eigenvalue weighted by Crippen LogP contribution is 2.26. The third-order valence-corrected chi connectivity index (χ3v) is 5.51. The second-order valence-electron chi connectivity index (χ2n) is 7.98. The predicted octanol–water partition coefficient (Wildman–Crippen LogP) is 2.51. The molecule has 2 heterocycles. The van der Waals surface area contributed by atoms with Crippen molar-refractivity contribution >= 4 is 11.8 Å². The lowest BCUT2D eigenvalue weighted by Gasteiger charge is -2.32. The van der Waals surface area contributed by atoms with Gasteiger partial charge in [-0.2, -0.15) is 0 Å². The van der Waals surface area contributed by atoms with E-state index in [9.17, 15) is 9.59 Å². The quantitative estimate of drug-likeness (QED) is 0.731. The lowest BCUT2D eigenvalue weighted by molar-refractivity contribution is -0.134. The minimum absolute atomic E-state index is 0.0230. The first-order chi connectivity index (χ1) is 14.3. The number of hydrogen-bond acceptors (Lipinski definition) is 5. The Morgan fingerprint density at radius 1 is 1.13 bits per heavy atom. The van der Waals surface area contributed by atoms with E-state index in [-0.39, 0.29) is 24.3 Å². The van der Waals surface area contributed by atoms with Crippen LogP contribution in [0.15, 0.2) is 30.3 Å². The monoisotopic (exact) mass is 410 g/mol. The van der Waals surface area contributed by atoms with Crippen molar-refractivity contribution in [2.45, 2.75) is 39.0 Å². The molecule has 0 aliphatic carbocycles. The number of hydrogen-bond donors (Lipinski definition) is 0. The molecule has 1 aromatic carbocycles. The molecular weight excluding hydrogens is 380 g/mol. The van der Waals surface area contributed by atoms with Gasteiger partial charge in [-0.15, -0.1) is 0 Å². The van der Waals surface area contributed by atoms with Gasteiger partial charge in [0.05, 0.1) is 6.42 Å². The number of aryl methyl sites for hydroxylation is 2. The van der Waals surface area contributed by atoms with Crippen LogP contribution in [0.4, 0.5) is 0 Å². The number of para-hydroxylation sites is 1. The van der Waals surface area contributed by atoms with Crippen LogP contribution >= 0.6 is 0 Å². The summed E-state index contributed by atoms with van der Waals surface area (Å²) in [6.45, 7) is 5.19. The van der Waals surface area contributed by atoms with Crippen molar-refractivity contribution < 1.29 is 14.3 Å². The summed E-state index contributed by atoms with van der Waals surface area (Å²) in [5.74, 6) is 1.55. The molecule has 1 atom stereocenters. The highest BCUT2D eigenvalue weighted by atomic mass is 16.5. The molecule has 1 aromatic heterocycles. The zero-order valence-corrected chi connectivity index (χ0v) is 18.2. The molecule has 160 valence electrons. The molecule has 7 heteroatoms. The molecule has 0 spiro atoms. The van der Waals surface area contributed by atoms with Gasteiger partial charge in [-0.3, -0.25) is 9.59 Å². The zero-order chi connectivity index (χ0) is 21.7. The minimum atomic E-state index is -0.0230. The standard InChI is InChI=1S/C23H30N4O3/c1-16-20(13-21(28)26(3)4)17(2)25-23(24-16)18-9-8-12-27(14-18)22(29)15-30-19-10-6-5-7-11-19/h5-7,10-11,18H,8-9,12-15H2,1-4H3/t18-/m1/s1. The molecule has 3 rings (SSSR count). The van der Waals surface area contributed by atoms with Crippen LogP contribution in [0.1, 0.15) is 41.5 Å². The Bertz CT molecular complexity index is 876. The average Bonchev–Trinajstić information content (AvgIpc) is 2.75. The second kappa shape index (κ2) is 9.69. The summed E-state index contributed by atoms with van der Waals surface area (Å²) in [6, 6.07) is 9.36. The first kappa shape index (κ1) is 21.7. The number of likely N-dealkylation sites (tertiary alicyclic amines) is 1. The van der Waals surface area contributed by atoms with Crippen LogP contribution in [0.25, 0.3) is 0 Å². The number of likely N-dealkylation sites (N-methyl/N-ethyl adjacent to an activating group) is 1. The van der Waals surface area contributed by atoms with Gasteiger partial charge in [-0.05, 0) is 38.8 Å². The Labute approximate surface area is 178 Å². The molecule has 7 nitrogen and oxygen atoms in total. The normalized spacial score (nSPS) is 16.3. The molecule has 30 heavy (non-hydrogen) atoms. The molecule has 1 aliphatic heterocycles. The second-order valence-corrected chi connectivity index (χ2v) is 7.98. The summed E-state index contributed by atoms with van der Waals surface area (Å²) in [4.78, 5) is 37.6. The van der Waals surface area contributed by atoms with E-state index in [0.717, 1.165) is 42.2 Å². The van der Waals surface area contributed by atoms with E-state index in [4.69, 9.17) is 14.7 Å². The summed E-state index contributed by atoms with van der Waals surface area (Å²) < 4.78 is 5.61. The SMILES string of the molecule is Cc1nc([C@@H]2CCCN(C(=O)COc3ccccc3)C2)nc(C)c1CC(=O)N(C)C. The fraction of sp³-hybridized carbons (Fsp3) is 0.478. The van der Waals surface area contributed by atoms with E-state index in [1.165, 1.54) is 0 Å². The lowest BCUT2D eigenvalue weighted by Crippen LogP contribution is -2.42. The molecule has 0 bridgehead atoms. The van der Waals surface area contributed by atoms with Gasteiger partial charge in [0.25, 0.3) is 5.91 Å². The molecule has 1 fully saturated rings. The van der Waals surface area contributed by atoms with Crippen LogP contribution in [-0.4, -0.2) is 65.4 Å². The van der Waals surface area contributed by atoms with Crippen LogP contribution in [0.3, 0.4) is 0 Å². The zero-order valence-electron chi connectivity index (χ0n) is 18.2. The molecule has 0 saturated carbocycles. The van der Waals surface area contributed by atoms with Crippen LogP contribution in [-0.2, 0) is 16.0 Å². The van der Waals surface area contributed by atoms with Crippen LogP contribution < -0.4 is 4.74 Å². The van der Waals surface area contributed by atoms with Gasteiger partial charge in [-0.25, -0.2) is 9.97 Å². The number of aromatic nitrogens is 2. The van der Waals surface area contributed by atoms with Crippen molar-refractivity contribution in [3.05, 3.63) is 53.1 Å². The lowest BCUT2D eigenvalue weighted by atomic mass is 9.96. The summed E-state index contributed by atoms with van der Waals surface area (Å²) >= 11 is 0. The van der Waals surface area contributed by atoms with Gasteiger partial charge < -0.3 is 14.5 Å². The maximum absolute atomic E-state index is 12.6. The fourth-order valence-electron chi connectivity index (χ4n) is 3.68. The van der Waals surface area contributed by atoms with Crippen molar-refractivity contribution in [3.8, 4) is 5.75 Å². The fourth-order valence-corrected chi connectivity index (χ4v) is 3.68. The molecule has 1 saturated heterocycles. The van der Waals surface area contributed by atoms with Crippen LogP contribution in [0.5, 0.6) is 5.75 Å². The Morgan fingerprint density at radius 3 is 2.43 bits per heavy atom.